The third-order valence-electron chi connectivity index (χ3n) is 4.12. The Morgan fingerprint density at radius 1 is 1.29 bits per heavy atom. The normalized spacial score (nSPS) is 35.2. The van der Waals surface area contributed by atoms with Crippen molar-refractivity contribution >= 4 is 11.9 Å². The Bertz CT molecular complexity index is 327. The molecule has 0 radical (unpaired) electrons. The van der Waals surface area contributed by atoms with Gasteiger partial charge in [0.2, 0.25) is 5.91 Å². The molecule has 0 saturated heterocycles. The van der Waals surface area contributed by atoms with Crippen molar-refractivity contribution in [2.45, 2.75) is 45.6 Å². The number of carboxylic acid groups (broad SMARTS) is 1. The maximum Gasteiger partial charge on any atom is 0.308 e. The van der Waals surface area contributed by atoms with Crippen LogP contribution in [-0.2, 0) is 9.59 Å². The number of rotatable bonds is 4. The van der Waals surface area contributed by atoms with Crippen molar-refractivity contribution in [1.29, 1.82) is 0 Å². The average Bonchev–Trinajstić information content (AvgIpc) is 2.75. The van der Waals surface area contributed by atoms with Crippen molar-refractivity contribution in [2.75, 3.05) is 0 Å². The van der Waals surface area contributed by atoms with E-state index in [1.165, 1.54) is 0 Å². The highest BCUT2D eigenvalue weighted by atomic mass is 16.4. The maximum atomic E-state index is 11.7. The van der Waals surface area contributed by atoms with Crippen LogP contribution in [0.2, 0.25) is 0 Å². The number of carbonyl (C=O) groups is 2. The van der Waals surface area contributed by atoms with E-state index in [9.17, 15) is 14.7 Å². The van der Waals surface area contributed by atoms with Crippen molar-refractivity contribution in [1.82, 2.24) is 5.32 Å². The standard InChI is InChI=1S/C13H21NO3/c1-7(2)5-10(15)14-12-9-4-3-8(6-9)11(12)13(16)17/h7-9,11-12H,3-6H2,1-2H3,(H,14,15)(H,16,17). The molecule has 0 heterocycles. The number of carboxylic acids is 1. The lowest BCUT2D eigenvalue weighted by Gasteiger charge is -2.29. The van der Waals surface area contributed by atoms with Crippen molar-refractivity contribution < 1.29 is 14.7 Å². The van der Waals surface area contributed by atoms with Gasteiger partial charge >= 0.3 is 5.97 Å². The first-order chi connectivity index (χ1) is 7.99. The molecule has 0 aromatic rings. The minimum absolute atomic E-state index is 0.00352. The van der Waals surface area contributed by atoms with Gasteiger partial charge in [-0.15, -0.1) is 0 Å². The van der Waals surface area contributed by atoms with Gasteiger partial charge in [0, 0.05) is 12.5 Å². The van der Waals surface area contributed by atoms with Crippen LogP contribution in [0, 0.1) is 23.7 Å². The molecule has 4 unspecified atom stereocenters. The summed E-state index contributed by atoms with van der Waals surface area (Å²) in [6.45, 7) is 3.99. The van der Waals surface area contributed by atoms with Crippen LogP contribution in [0.3, 0.4) is 0 Å². The lowest BCUT2D eigenvalue weighted by Crippen LogP contribution is -2.47. The van der Waals surface area contributed by atoms with Gasteiger partial charge in [0.15, 0.2) is 0 Å². The van der Waals surface area contributed by atoms with Crippen LogP contribution in [-0.4, -0.2) is 23.0 Å². The highest BCUT2D eigenvalue weighted by Crippen LogP contribution is 2.48. The number of fused-ring (bicyclic) bond motifs is 2. The lowest BCUT2D eigenvalue weighted by molar-refractivity contribution is -0.144. The van der Waals surface area contributed by atoms with E-state index in [4.69, 9.17) is 0 Å². The zero-order valence-electron chi connectivity index (χ0n) is 10.5. The predicted octanol–water partition coefficient (Wildman–Crippen LogP) is 1.65. The zero-order chi connectivity index (χ0) is 12.6. The molecular formula is C13H21NO3. The fourth-order valence-electron chi connectivity index (χ4n) is 3.47. The summed E-state index contributed by atoms with van der Waals surface area (Å²) in [6, 6.07) is -0.127. The van der Waals surface area contributed by atoms with Crippen molar-refractivity contribution in [3.05, 3.63) is 0 Å². The summed E-state index contributed by atoms with van der Waals surface area (Å²) in [5, 5.41) is 12.2. The van der Waals surface area contributed by atoms with Crippen molar-refractivity contribution in [3.63, 3.8) is 0 Å². The molecule has 0 spiro atoms. The second-order valence-corrected chi connectivity index (χ2v) is 5.89. The lowest BCUT2D eigenvalue weighted by atomic mass is 9.84. The molecular weight excluding hydrogens is 218 g/mol. The first kappa shape index (κ1) is 12.4. The minimum Gasteiger partial charge on any atom is -0.481 e. The molecule has 96 valence electrons. The van der Waals surface area contributed by atoms with Gasteiger partial charge in [-0.05, 0) is 37.0 Å². The molecule has 2 rings (SSSR count). The molecule has 2 bridgehead atoms. The fourth-order valence-corrected chi connectivity index (χ4v) is 3.47. The molecule has 17 heavy (non-hydrogen) atoms. The number of aliphatic carboxylic acids is 1. The number of hydrogen-bond acceptors (Lipinski definition) is 2. The predicted molar refractivity (Wildman–Crippen MR) is 63.3 cm³/mol. The van der Waals surface area contributed by atoms with Gasteiger partial charge < -0.3 is 10.4 Å². The van der Waals surface area contributed by atoms with Crippen molar-refractivity contribution in [3.8, 4) is 0 Å². The quantitative estimate of drug-likeness (QED) is 0.784. The van der Waals surface area contributed by atoms with E-state index in [0.29, 0.717) is 18.3 Å². The Morgan fingerprint density at radius 3 is 2.53 bits per heavy atom. The molecule has 2 saturated carbocycles. The second kappa shape index (κ2) is 4.67. The summed E-state index contributed by atoms with van der Waals surface area (Å²) in [5.74, 6) is -0.114. The highest BCUT2D eigenvalue weighted by molar-refractivity contribution is 5.79. The van der Waals surface area contributed by atoms with Crippen LogP contribution in [0.4, 0.5) is 0 Å². The number of hydrogen-bond donors (Lipinski definition) is 2. The Morgan fingerprint density at radius 2 is 1.94 bits per heavy atom. The number of amides is 1. The highest BCUT2D eigenvalue weighted by Gasteiger charge is 2.51. The van der Waals surface area contributed by atoms with Gasteiger partial charge in [-0.3, -0.25) is 9.59 Å². The molecule has 0 aliphatic heterocycles. The molecule has 0 aromatic heterocycles. The molecule has 4 nitrogen and oxygen atoms in total. The van der Waals surface area contributed by atoms with Gasteiger partial charge in [-0.2, -0.15) is 0 Å². The van der Waals surface area contributed by atoms with Crippen LogP contribution in [0.1, 0.15) is 39.5 Å². The number of nitrogens with one attached hydrogen (secondary N) is 1. The zero-order valence-corrected chi connectivity index (χ0v) is 10.5. The molecule has 2 N–H and O–H groups in total. The largest absolute Gasteiger partial charge is 0.481 e. The summed E-state index contributed by atoms with van der Waals surface area (Å²) in [4.78, 5) is 23.0. The van der Waals surface area contributed by atoms with E-state index >= 15 is 0 Å². The van der Waals surface area contributed by atoms with Crippen molar-refractivity contribution in [2.24, 2.45) is 23.7 Å². The maximum absolute atomic E-state index is 11.7. The van der Waals surface area contributed by atoms with E-state index < -0.39 is 5.97 Å². The van der Waals surface area contributed by atoms with Gasteiger partial charge in [0.25, 0.3) is 0 Å². The van der Waals surface area contributed by atoms with Crippen LogP contribution >= 0.6 is 0 Å². The fraction of sp³-hybridized carbons (Fsp3) is 0.846. The van der Waals surface area contributed by atoms with Gasteiger partial charge in [-0.25, -0.2) is 0 Å². The Balaban J connectivity index is 1.99. The van der Waals surface area contributed by atoms with E-state index in [0.717, 1.165) is 19.3 Å². The second-order valence-electron chi connectivity index (χ2n) is 5.89. The van der Waals surface area contributed by atoms with Crippen LogP contribution in [0.15, 0.2) is 0 Å². The summed E-state index contributed by atoms with van der Waals surface area (Å²) in [5.41, 5.74) is 0. The molecule has 2 aliphatic carbocycles. The van der Waals surface area contributed by atoms with Crippen LogP contribution in [0.5, 0.6) is 0 Å². The van der Waals surface area contributed by atoms with Crippen LogP contribution < -0.4 is 5.32 Å². The monoisotopic (exact) mass is 239 g/mol. The van der Waals surface area contributed by atoms with Gasteiger partial charge in [0.05, 0.1) is 5.92 Å². The minimum atomic E-state index is -0.743. The summed E-state index contributed by atoms with van der Waals surface area (Å²) >= 11 is 0. The molecule has 2 aliphatic rings. The first-order valence-electron chi connectivity index (χ1n) is 6.51. The SMILES string of the molecule is CC(C)CC(=O)NC1C2CCC(C2)C1C(=O)O. The van der Waals surface area contributed by atoms with Crippen LogP contribution in [0.25, 0.3) is 0 Å². The smallest absolute Gasteiger partial charge is 0.308 e. The summed E-state index contributed by atoms with van der Waals surface area (Å²) in [6.07, 6.45) is 3.54. The topological polar surface area (TPSA) is 66.4 Å². The number of carbonyl (C=O) groups excluding carboxylic acids is 1. The van der Waals surface area contributed by atoms with Gasteiger partial charge in [-0.1, -0.05) is 13.8 Å². The summed E-state index contributed by atoms with van der Waals surface area (Å²) in [7, 11) is 0. The van der Waals surface area contributed by atoms with E-state index in [1.54, 1.807) is 0 Å². The Kier molecular flexibility index (Phi) is 3.40. The Hall–Kier alpha value is -1.06. The van der Waals surface area contributed by atoms with E-state index in [-0.39, 0.29) is 23.8 Å². The molecule has 0 aromatic carbocycles. The summed E-state index contributed by atoms with van der Waals surface area (Å²) < 4.78 is 0. The molecule has 4 heteroatoms. The molecule has 4 atom stereocenters. The van der Waals surface area contributed by atoms with Gasteiger partial charge in [0.1, 0.15) is 0 Å². The third-order valence-corrected chi connectivity index (χ3v) is 4.12. The molecule has 2 fully saturated rings. The molecule has 1 amide bonds. The van der Waals surface area contributed by atoms with E-state index in [2.05, 4.69) is 5.32 Å². The van der Waals surface area contributed by atoms with E-state index in [1.807, 2.05) is 13.8 Å². The Labute approximate surface area is 102 Å². The average molecular weight is 239 g/mol. The third kappa shape index (κ3) is 2.45. The first-order valence-corrected chi connectivity index (χ1v) is 6.51.